The molecule has 0 aromatic carbocycles. The molecule has 10 heavy (non-hydrogen) atoms. The summed E-state index contributed by atoms with van der Waals surface area (Å²) in [5.41, 5.74) is 1.59. The van der Waals surface area contributed by atoms with Gasteiger partial charge in [-0.2, -0.15) is 0 Å². The largest absolute Gasteiger partial charge is 0.342 e. The summed E-state index contributed by atoms with van der Waals surface area (Å²) in [6, 6.07) is 0. The van der Waals surface area contributed by atoms with Crippen LogP contribution in [0.5, 0.6) is 0 Å². The summed E-state index contributed by atoms with van der Waals surface area (Å²) < 4.78 is 0. The van der Waals surface area contributed by atoms with Gasteiger partial charge in [-0.25, -0.2) is 15.0 Å². The Bertz CT molecular complexity index is 288. The predicted molar refractivity (Wildman–Crippen MR) is 37.4 cm³/mol. The summed E-state index contributed by atoms with van der Waals surface area (Å²) in [7, 11) is 0. The van der Waals surface area contributed by atoms with Gasteiger partial charge < -0.3 is 4.98 Å². The number of hydrogen-bond acceptors (Lipinski definition) is 3. The van der Waals surface area contributed by atoms with Crippen LogP contribution in [0.2, 0.25) is 0 Å². The van der Waals surface area contributed by atoms with Crippen LogP contribution in [0.25, 0.3) is 11.2 Å². The number of rotatable bonds is 0. The van der Waals surface area contributed by atoms with Gasteiger partial charge >= 0.3 is 0 Å². The Morgan fingerprint density at radius 1 is 1.30 bits per heavy atom. The van der Waals surface area contributed by atoms with Gasteiger partial charge in [0.25, 0.3) is 0 Å². The van der Waals surface area contributed by atoms with Gasteiger partial charge in [-0.3, -0.25) is 0 Å². The monoisotopic (exact) mass is 241 g/mol. The molecule has 2 aromatic rings. The average Bonchev–Trinajstić information content (AvgIpc) is 2.33. The van der Waals surface area contributed by atoms with Gasteiger partial charge in [0.2, 0.25) is 0 Å². The molecule has 0 aliphatic rings. The topological polar surface area (TPSA) is 54.5 Å². The standard InChI is InChI=1S/C5H4N4.Sb/c1-4-5(8-2-6-1)9-3-7-4;/h1-3H,(H,6,7,8,9);. The zero-order valence-electron chi connectivity index (χ0n) is 5.02. The van der Waals surface area contributed by atoms with Crippen LogP contribution in [0.15, 0.2) is 18.9 Å². The molecular weight excluding hydrogens is 238 g/mol. The van der Waals surface area contributed by atoms with E-state index in [0.29, 0.717) is 5.65 Å². The van der Waals surface area contributed by atoms with Gasteiger partial charge in [0.05, 0.1) is 12.5 Å². The first kappa shape index (κ1) is 7.47. The fourth-order valence-electron chi connectivity index (χ4n) is 0.691. The Hall–Kier alpha value is -0.632. The first-order valence-corrected chi connectivity index (χ1v) is 2.56. The van der Waals surface area contributed by atoms with E-state index < -0.39 is 0 Å². The van der Waals surface area contributed by atoms with E-state index in [0.717, 1.165) is 5.52 Å². The molecule has 49 valence electrons. The van der Waals surface area contributed by atoms with Crippen molar-refractivity contribution >= 4 is 35.6 Å². The van der Waals surface area contributed by atoms with Crippen LogP contribution in [-0.2, 0) is 0 Å². The summed E-state index contributed by atoms with van der Waals surface area (Å²) in [5.74, 6) is 0. The maximum Gasteiger partial charge on any atom is 0.180 e. The predicted octanol–water partition coefficient (Wildman–Crippen LogP) is -0.0279. The zero-order valence-corrected chi connectivity index (χ0v) is 7.57. The molecule has 0 spiro atoms. The summed E-state index contributed by atoms with van der Waals surface area (Å²) in [5, 5.41) is 0. The fourth-order valence-corrected chi connectivity index (χ4v) is 0.691. The molecule has 2 aromatic heterocycles. The number of nitrogens with zero attached hydrogens (tertiary/aromatic N) is 3. The normalized spacial score (nSPS) is 9.20. The van der Waals surface area contributed by atoms with Crippen molar-refractivity contribution in [2.24, 2.45) is 0 Å². The molecule has 1 N–H and O–H groups in total. The molecule has 0 aliphatic carbocycles. The molecule has 0 fully saturated rings. The molecule has 3 radical (unpaired) electrons. The second-order valence-electron chi connectivity index (χ2n) is 1.66. The molecule has 0 saturated carbocycles. The molecule has 0 saturated heterocycles. The quantitative estimate of drug-likeness (QED) is 0.660. The number of imidazole rings is 1. The number of hydrogen-bond donors (Lipinski definition) is 1. The van der Waals surface area contributed by atoms with Gasteiger partial charge in [0, 0.05) is 24.4 Å². The molecule has 5 heteroatoms. The molecular formula is C5H4N4Sb. The van der Waals surface area contributed by atoms with E-state index in [1.165, 1.54) is 6.33 Å². The SMILES string of the molecule is [Sb].c1ncc2[nH]cnc2n1. The van der Waals surface area contributed by atoms with E-state index in [1.54, 1.807) is 12.5 Å². The van der Waals surface area contributed by atoms with Crippen LogP contribution in [-0.4, -0.2) is 44.4 Å². The first-order valence-electron chi connectivity index (χ1n) is 2.56. The number of fused-ring (bicyclic) bond motifs is 1. The third-order valence-electron chi connectivity index (χ3n) is 1.10. The summed E-state index contributed by atoms with van der Waals surface area (Å²) in [4.78, 5) is 14.5. The van der Waals surface area contributed by atoms with E-state index in [-0.39, 0.29) is 24.4 Å². The third kappa shape index (κ3) is 1.12. The molecule has 0 atom stereocenters. The van der Waals surface area contributed by atoms with Crippen molar-refractivity contribution < 1.29 is 0 Å². The molecule has 2 rings (SSSR count). The van der Waals surface area contributed by atoms with Crippen molar-refractivity contribution in [3.05, 3.63) is 18.9 Å². The minimum absolute atomic E-state index is 0. The minimum Gasteiger partial charge on any atom is -0.342 e. The summed E-state index contributed by atoms with van der Waals surface area (Å²) in [6.45, 7) is 0. The van der Waals surface area contributed by atoms with Crippen molar-refractivity contribution in [3.8, 4) is 0 Å². The smallest absolute Gasteiger partial charge is 0.180 e. The van der Waals surface area contributed by atoms with E-state index in [4.69, 9.17) is 0 Å². The maximum atomic E-state index is 3.91. The van der Waals surface area contributed by atoms with E-state index in [1.807, 2.05) is 0 Å². The zero-order chi connectivity index (χ0) is 6.10. The van der Waals surface area contributed by atoms with Gasteiger partial charge in [-0.15, -0.1) is 0 Å². The second kappa shape index (κ2) is 2.97. The van der Waals surface area contributed by atoms with Crippen LogP contribution >= 0.6 is 0 Å². The first-order chi connectivity index (χ1) is 4.47. The molecule has 0 aliphatic heterocycles. The minimum atomic E-state index is 0. The van der Waals surface area contributed by atoms with Crippen molar-refractivity contribution in [3.63, 3.8) is 0 Å². The van der Waals surface area contributed by atoms with Gasteiger partial charge in [-0.05, 0) is 0 Å². The molecule has 2 heterocycles. The Labute approximate surface area is 74.6 Å². The average molecular weight is 242 g/mol. The maximum absolute atomic E-state index is 3.91. The van der Waals surface area contributed by atoms with Crippen molar-refractivity contribution in [2.75, 3.05) is 0 Å². The van der Waals surface area contributed by atoms with Crippen molar-refractivity contribution in [2.45, 2.75) is 0 Å². The van der Waals surface area contributed by atoms with Crippen LogP contribution in [0, 0.1) is 0 Å². The molecule has 0 bridgehead atoms. The third-order valence-corrected chi connectivity index (χ3v) is 1.10. The fraction of sp³-hybridized carbons (Fsp3) is 0. The van der Waals surface area contributed by atoms with E-state index >= 15 is 0 Å². The van der Waals surface area contributed by atoms with Crippen LogP contribution < -0.4 is 0 Å². The van der Waals surface area contributed by atoms with E-state index in [2.05, 4.69) is 19.9 Å². The molecule has 0 unspecified atom stereocenters. The van der Waals surface area contributed by atoms with Crippen LogP contribution in [0.3, 0.4) is 0 Å². The molecule has 4 nitrogen and oxygen atoms in total. The Morgan fingerprint density at radius 2 is 2.20 bits per heavy atom. The number of H-pyrrole nitrogens is 1. The molecule has 0 amide bonds. The number of nitrogens with one attached hydrogen (secondary N) is 1. The van der Waals surface area contributed by atoms with Crippen molar-refractivity contribution in [1.82, 2.24) is 19.9 Å². The Kier molecular flexibility index (Phi) is 2.22. The van der Waals surface area contributed by atoms with Gasteiger partial charge in [0.15, 0.2) is 5.65 Å². The summed E-state index contributed by atoms with van der Waals surface area (Å²) in [6.07, 6.45) is 4.76. The number of aromatic amines is 1. The second-order valence-corrected chi connectivity index (χ2v) is 1.66. The van der Waals surface area contributed by atoms with E-state index in [9.17, 15) is 0 Å². The van der Waals surface area contributed by atoms with Crippen LogP contribution in [0.4, 0.5) is 0 Å². The van der Waals surface area contributed by atoms with Crippen LogP contribution in [0.1, 0.15) is 0 Å². The number of aromatic nitrogens is 4. The van der Waals surface area contributed by atoms with Gasteiger partial charge in [-0.1, -0.05) is 0 Å². The van der Waals surface area contributed by atoms with Crippen molar-refractivity contribution in [1.29, 1.82) is 0 Å². The summed E-state index contributed by atoms with van der Waals surface area (Å²) >= 11 is 0. The van der Waals surface area contributed by atoms with Gasteiger partial charge in [0.1, 0.15) is 11.8 Å². The Morgan fingerprint density at radius 3 is 3.00 bits per heavy atom. The Balaban J connectivity index is 0.000000500.